The highest BCUT2D eigenvalue weighted by molar-refractivity contribution is 7.47. The summed E-state index contributed by atoms with van der Waals surface area (Å²) in [6, 6.07) is 0. The van der Waals surface area contributed by atoms with E-state index in [9.17, 15) is 24.2 Å². The van der Waals surface area contributed by atoms with Crippen molar-refractivity contribution in [2.24, 2.45) is 0 Å². The summed E-state index contributed by atoms with van der Waals surface area (Å²) >= 11 is 0. The number of rotatable bonds is 32. The molecule has 0 bridgehead atoms. The molecule has 0 heterocycles. The third kappa shape index (κ3) is 31.9. The second kappa shape index (κ2) is 30.1. The molecule has 42 heavy (non-hydrogen) atoms. The molecule has 0 aliphatic heterocycles. The molecule has 0 rings (SSSR count). The zero-order chi connectivity index (χ0) is 31.2. The molecular formula is C32H64NO8P. The molecule has 9 nitrogen and oxygen atoms in total. The Balaban J connectivity index is 3.36. The molecule has 2 unspecified atom stereocenters. The first kappa shape index (κ1) is 41.0. The van der Waals surface area contributed by atoms with Crippen molar-refractivity contribution < 1.29 is 37.9 Å². The van der Waals surface area contributed by atoms with E-state index in [1.165, 1.54) is 129 Å². The van der Waals surface area contributed by atoms with Crippen LogP contribution in [-0.4, -0.2) is 54.3 Å². The number of ether oxygens (including phenoxy) is 1. The fourth-order valence-corrected chi connectivity index (χ4v) is 5.57. The lowest BCUT2D eigenvalue weighted by atomic mass is 10.0. The van der Waals surface area contributed by atoms with E-state index in [2.05, 4.69) is 21.5 Å². The van der Waals surface area contributed by atoms with Crippen LogP contribution in [0.4, 0.5) is 0 Å². The lowest BCUT2D eigenvalue weighted by Gasteiger charge is -2.15. The summed E-state index contributed by atoms with van der Waals surface area (Å²) in [5, 5.41) is 12.2. The monoisotopic (exact) mass is 621 g/mol. The van der Waals surface area contributed by atoms with E-state index in [0.717, 1.165) is 19.3 Å². The van der Waals surface area contributed by atoms with E-state index in [0.29, 0.717) is 6.42 Å². The van der Waals surface area contributed by atoms with Gasteiger partial charge in [0.15, 0.2) is 0 Å². The van der Waals surface area contributed by atoms with E-state index in [1.54, 1.807) is 0 Å². The zero-order valence-corrected chi connectivity index (χ0v) is 27.9. The highest BCUT2D eigenvalue weighted by atomic mass is 31.2. The van der Waals surface area contributed by atoms with Crippen molar-refractivity contribution >= 4 is 19.7 Å². The maximum Gasteiger partial charge on any atom is 0.472 e. The standard InChI is InChI=1S/C32H64NO8P/c1-3-4-5-6-7-8-9-10-11-12-13-14-15-16-17-18-19-20-21-22-23-24-25-32(36)33-26-27-40-42(37,38)41-29-31(35)28-39-30(2)34/h31,35H,3-29H2,1-2H3,(H,33,36)(H,37,38). The number of nitrogens with one attached hydrogen (secondary N) is 1. The maximum absolute atomic E-state index is 11.9. The Morgan fingerprint density at radius 1 is 0.667 bits per heavy atom. The quantitative estimate of drug-likeness (QED) is 0.0390. The number of amides is 1. The van der Waals surface area contributed by atoms with Crippen LogP contribution >= 0.6 is 7.82 Å². The summed E-state index contributed by atoms with van der Waals surface area (Å²) in [6.07, 6.45) is 28.4. The molecule has 0 aliphatic rings. The number of unbranched alkanes of at least 4 members (excludes halogenated alkanes) is 21. The summed E-state index contributed by atoms with van der Waals surface area (Å²) in [7, 11) is -4.37. The zero-order valence-electron chi connectivity index (χ0n) is 27.0. The van der Waals surface area contributed by atoms with Crippen LogP contribution < -0.4 is 5.32 Å². The van der Waals surface area contributed by atoms with Crippen LogP contribution in [0.15, 0.2) is 0 Å². The average molecular weight is 622 g/mol. The lowest BCUT2D eigenvalue weighted by molar-refractivity contribution is -0.144. The van der Waals surface area contributed by atoms with E-state index in [1.807, 2.05) is 0 Å². The number of carbonyl (C=O) groups is 2. The fourth-order valence-electron chi connectivity index (χ4n) is 4.81. The number of phosphoric ester groups is 1. The van der Waals surface area contributed by atoms with Crippen molar-refractivity contribution in [1.29, 1.82) is 0 Å². The maximum atomic E-state index is 11.9. The largest absolute Gasteiger partial charge is 0.472 e. The van der Waals surface area contributed by atoms with Crippen molar-refractivity contribution in [2.75, 3.05) is 26.4 Å². The van der Waals surface area contributed by atoms with Gasteiger partial charge in [-0.25, -0.2) is 4.57 Å². The van der Waals surface area contributed by atoms with Gasteiger partial charge in [0, 0.05) is 19.9 Å². The number of phosphoric acid groups is 1. The number of hydrogen-bond donors (Lipinski definition) is 3. The van der Waals surface area contributed by atoms with Crippen LogP contribution in [0.5, 0.6) is 0 Å². The third-order valence-corrected chi connectivity index (χ3v) is 8.33. The number of aliphatic hydroxyl groups is 1. The molecule has 0 fully saturated rings. The Morgan fingerprint density at radius 2 is 1.07 bits per heavy atom. The third-order valence-electron chi connectivity index (χ3n) is 7.35. The summed E-state index contributed by atoms with van der Waals surface area (Å²) in [5.41, 5.74) is 0. The highest BCUT2D eigenvalue weighted by Crippen LogP contribution is 2.42. The van der Waals surface area contributed by atoms with E-state index >= 15 is 0 Å². The average Bonchev–Trinajstić information content (AvgIpc) is 2.96. The van der Waals surface area contributed by atoms with Gasteiger partial charge in [0.2, 0.25) is 5.91 Å². The number of hydrogen-bond acceptors (Lipinski definition) is 7. The molecule has 1 amide bonds. The summed E-state index contributed by atoms with van der Waals surface area (Å²) in [5.74, 6) is -0.689. The van der Waals surface area contributed by atoms with Gasteiger partial charge in [0.1, 0.15) is 12.7 Å². The van der Waals surface area contributed by atoms with Crippen LogP contribution in [-0.2, 0) is 27.9 Å². The van der Waals surface area contributed by atoms with Crippen molar-refractivity contribution in [2.45, 2.75) is 168 Å². The summed E-state index contributed by atoms with van der Waals surface area (Å²) < 4.78 is 25.7. The Morgan fingerprint density at radius 3 is 1.48 bits per heavy atom. The fraction of sp³-hybridized carbons (Fsp3) is 0.938. The Bertz CT molecular complexity index is 679. The SMILES string of the molecule is CCCCCCCCCCCCCCCCCCCCCCCCC(=O)NCCOP(=O)(O)OCC(O)COC(C)=O. The first-order chi connectivity index (χ1) is 20.3. The lowest BCUT2D eigenvalue weighted by Crippen LogP contribution is -2.27. The van der Waals surface area contributed by atoms with Gasteiger partial charge in [-0.1, -0.05) is 142 Å². The van der Waals surface area contributed by atoms with Gasteiger partial charge in [-0.2, -0.15) is 0 Å². The molecule has 10 heteroatoms. The predicted octanol–water partition coefficient (Wildman–Crippen LogP) is 8.15. The molecule has 250 valence electrons. The van der Waals surface area contributed by atoms with Crippen molar-refractivity contribution in [3.8, 4) is 0 Å². The summed E-state index contributed by atoms with van der Waals surface area (Å²) in [4.78, 5) is 32.2. The smallest absolute Gasteiger partial charge is 0.463 e. The number of esters is 1. The molecular weight excluding hydrogens is 557 g/mol. The van der Waals surface area contributed by atoms with Crippen LogP contribution in [0.25, 0.3) is 0 Å². The normalized spacial score (nSPS) is 13.5. The molecule has 0 aromatic carbocycles. The van der Waals surface area contributed by atoms with Crippen molar-refractivity contribution in [3.05, 3.63) is 0 Å². The molecule has 0 saturated carbocycles. The molecule has 0 aromatic heterocycles. The molecule has 2 atom stereocenters. The Labute approximate surface area is 256 Å². The predicted molar refractivity (Wildman–Crippen MR) is 169 cm³/mol. The van der Waals surface area contributed by atoms with Crippen molar-refractivity contribution in [1.82, 2.24) is 5.32 Å². The van der Waals surface area contributed by atoms with Crippen LogP contribution in [0, 0.1) is 0 Å². The van der Waals surface area contributed by atoms with Gasteiger partial charge < -0.3 is 20.1 Å². The van der Waals surface area contributed by atoms with Crippen LogP contribution in [0.1, 0.15) is 162 Å². The van der Waals surface area contributed by atoms with Crippen LogP contribution in [0.2, 0.25) is 0 Å². The Kier molecular flexibility index (Phi) is 29.3. The van der Waals surface area contributed by atoms with Gasteiger partial charge in [-0.3, -0.25) is 18.6 Å². The number of aliphatic hydroxyl groups excluding tert-OH is 1. The molecule has 0 aliphatic carbocycles. The van der Waals surface area contributed by atoms with Gasteiger partial charge in [-0.05, 0) is 6.42 Å². The van der Waals surface area contributed by atoms with E-state index in [-0.39, 0.29) is 25.7 Å². The molecule has 0 spiro atoms. The number of carbonyl (C=O) groups excluding carboxylic acids is 2. The van der Waals surface area contributed by atoms with Gasteiger partial charge >= 0.3 is 13.8 Å². The van der Waals surface area contributed by atoms with Gasteiger partial charge in [-0.15, -0.1) is 0 Å². The molecule has 0 radical (unpaired) electrons. The van der Waals surface area contributed by atoms with E-state index in [4.69, 9.17) is 4.52 Å². The molecule has 0 saturated heterocycles. The first-order valence-corrected chi connectivity index (χ1v) is 18.5. The van der Waals surface area contributed by atoms with Gasteiger partial charge in [0.05, 0.1) is 13.2 Å². The Hall–Kier alpha value is -0.990. The van der Waals surface area contributed by atoms with Gasteiger partial charge in [0.25, 0.3) is 0 Å². The van der Waals surface area contributed by atoms with Crippen LogP contribution in [0.3, 0.4) is 0 Å². The molecule has 0 aromatic rings. The second-order valence-corrected chi connectivity index (χ2v) is 13.0. The minimum atomic E-state index is -4.37. The first-order valence-electron chi connectivity index (χ1n) is 17.0. The summed E-state index contributed by atoms with van der Waals surface area (Å²) in [6.45, 7) is 2.49. The highest BCUT2D eigenvalue weighted by Gasteiger charge is 2.23. The minimum Gasteiger partial charge on any atom is -0.463 e. The minimum absolute atomic E-state index is 0.0854. The molecule has 3 N–H and O–H groups in total. The second-order valence-electron chi connectivity index (χ2n) is 11.6. The van der Waals surface area contributed by atoms with E-state index < -0.39 is 26.5 Å². The van der Waals surface area contributed by atoms with Crippen molar-refractivity contribution in [3.63, 3.8) is 0 Å². The topological polar surface area (TPSA) is 131 Å².